The molecule has 0 spiro atoms. The van der Waals surface area contributed by atoms with Crippen molar-refractivity contribution in [3.05, 3.63) is 65.5 Å². The highest BCUT2D eigenvalue weighted by atomic mass is 32.2. The minimum atomic E-state index is -2.89. The van der Waals surface area contributed by atoms with Crippen LogP contribution in [0.1, 0.15) is 23.3 Å². The van der Waals surface area contributed by atoms with Crippen molar-refractivity contribution < 1.29 is 22.1 Å². The Labute approximate surface area is 129 Å². The Bertz CT molecular complexity index is 644. The second-order valence-electron chi connectivity index (χ2n) is 4.74. The zero-order chi connectivity index (χ0) is 16.1. The van der Waals surface area contributed by atoms with E-state index in [2.05, 4.69) is 4.74 Å². The van der Waals surface area contributed by atoms with Crippen LogP contribution in [-0.4, -0.2) is 10.8 Å². The minimum absolute atomic E-state index is 0.0407. The number of hydrogen-bond acceptors (Lipinski definition) is 2. The number of alkyl halides is 2. The highest BCUT2D eigenvalue weighted by molar-refractivity contribution is 7.84. The van der Waals surface area contributed by atoms with E-state index >= 15 is 0 Å². The molecule has 6 heteroatoms. The number of halogens is 3. The van der Waals surface area contributed by atoms with Gasteiger partial charge in [-0.3, -0.25) is 4.21 Å². The molecule has 22 heavy (non-hydrogen) atoms. The van der Waals surface area contributed by atoms with E-state index in [1.807, 2.05) is 0 Å². The summed E-state index contributed by atoms with van der Waals surface area (Å²) in [6.07, 6.45) is 0. The Kier molecular flexibility index (Phi) is 5.60. The van der Waals surface area contributed by atoms with E-state index in [4.69, 9.17) is 0 Å². The van der Waals surface area contributed by atoms with Crippen molar-refractivity contribution in [1.29, 1.82) is 0 Å². The fourth-order valence-corrected chi connectivity index (χ4v) is 3.21. The lowest BCUT2D eigenvalue weighted by atomic mass is 10.2. The lowest BCUT2D eigenvalue weighted by Crippen LogP contribution is -2.06. The van der Waals surface area contributed by atoms with Crippen molar-refractivity contribution in [2.45, 2.75) is 24.5 Å². The van der Waals surface area contributed by atoms with E-state index in [0.29, 0.717) is 5.56 Å². The summed E-state index contributed by atoms with van der Waals surface area (Å²) in [5.74, 6) is -0.101. The van der Waals surface area contributed by atoms with Crippen molar-refractivity contribution in [2.75, 3.05) is 0 Å². The summed E-state index contributed by atoms with van der Waals surface area (Å²) in [6.45, 7) is -1.11. The Balaban J connectivity index is 2.06. The smallest absolute Gasteiger partial charge is 0.387 e. The van der Waals surface area contributed by atoms with E-state index in [1.165, 1.54) is 24.3 Å². The van der Waals surface area contributed by atoms with Crippen LogP contribution in [0.15, 0.2) is 48.5 Å². The fourth-order valence-electron chi connectivity index (χ4n) is 1.99. The van der Waals surface area contributed by atoms with Crippen LogP contribution in [-0.2, 0) is 16.6 Å². The molecular weight excluding hydrogens is 313 g/mol. The maximum Gasteiger partial charge on any atom is 0.387 e. The minimum Gasteiger partial charge on any atom is -0.435 e. The van der Waals surface area contributed by atoms with Gasteiger partial charge < -0.3 is 4.74 Å². The van der Waals surface area contributed by atoms with Gasteiger partial charge in [-0.1, -0.05) is 24.3 Å². The van der Waals surface area contributed by atoms with Crippen molar-refractivity contribution in [3.8, 4) is 5.75 Å². The molecule has 0 bridgehead atoms. The Morgan fingerprint density at radius 1 is 1.14 bits per heavy atom. The number of benzene rings is 2. The van der Waals surface area contributed by atoms with Gasteiger partial charge in [0.2, 0.25) is 0 Å². The first-order chi connectivity index (χ1) is 10.5. The van der Waals surface area contributed by atoms with Crippen LogP contribution in [0.5, 0.6) is 5.75 Å². The summed E-state index contributed by atoms with van der Waals surface area (Å²) in [7, 11) is -1.26. The molecule has 0 aliphatic carbocycles. The second kappa shape index (κ2) is 7.45. The summed E-state index contributed by atoms with van der Waals surface area (Å²) in [5.41, 5.74) is 1.41. The van der Waals surface area contributed by atoms with Gasteiger partial charge in [0.1, 0.15) is 11.6 Å². The predicted octanol–water partition coefficient (Wildman–Crippen LogP) is 4.44. The van der Waals surface area contributed by atoms with Crippen LogP contribution in [0.2, 0.25) is 0 Å². The van der Waals surface area contributed by atoms with Gasteiger partial charge in [0.05, 0.1) is 5.25 Å². The van der Waals surface area contributed by atoms with Gasteiger partial charge in [-0.25, -0.2) is 4.39 Å². The first-order valence-corrected chi connectivity index (χ1v) is 8.00. The van der Waals surface area contributed by atoms with Crippen LogP contribution in [0.3, 0.4) is 0 Å². The first kappa shape index (κ1) is 16.5. The Morgan fingerprint density at radius 2 is 1.82 bits per heavy atom. The van der Waals surface area contributed by atoms with E-state index in [1.54, 1.807) is 31.2 Å². The molecular formula is C16H15F3O2S. The van der Waals surface area contributed by atoms with Gasteiger partial charge in [-0.15, -0.1) is 0 Å². The SMILES string of the molecule is C[C@H](c1ccc(F)cc1)[S@@](=O)Cc1cccc(OC(F)F)c1. The molecule has 0 radical (unpaired) electrons. The second-order valence-corrected chi connectivity index (χ2v) is 6.50. The molecule has 118 valence electrons. The van der Waals surface area contributed by atoms with Gasteiger partial charge in [0, 0.05) is 16.6 Å². The molecule has 0 aromatic heterocycles. The lowest BCUT2D eigenvalue weighted by molar-refractivity contribution is -0.0498. The van der Waals surface area contributed by atoms with E-state index in [9.17, 15) is 17.4 Å². The van der Waals surface area contributed by atoms with Gasteiger partial charge in [0.25, 0.3) is 0 Å². The molecule has 0 aliphatic heterocycles. The lowest BCUT2D eigenvalue weighted by Gasteiger charge is -2.12. The molecule has 0 fully saturated rings. The van der Waals surface area contributed by atoms with Gasteiger partial charge in [0.15, 0.2) is 0 Å². The average Bonchev–Trinajstić information content (AvgIpc) is 2.47. The van der Waals surface area contributed by atoms with Crippen molar-refractivity contribution in [3.63, 3.8) is 0 Å². The standard InChI is InChI=1S/C16H15F3O2S/c1-11(13-5-7-14(17)8-6-13)22(20)10-12-3-2-4-15(9-12)21-16(18)19/h2-9,11,16H,10H2,1H3/t11-,22+/m1/s1. The van der Waals surface area contributed by atoms with Crippen molar-refractivity contribution in [2.24, 2.45) is 0 Å². The molecule has 2 aromatic carbocycles. The molecule has 0 saturated carbocycles. The molecule has 0 aliphatic rings. The van der Waals surface area contributed by atoms with Crippen LogP contribution in [0.25, 0.3) is 0 Å². The van der Waals surface area contributed by atoms with Crippen LogP contribution < -0.4 is 4.74 Å². The van der Waals surface area contributed by atoms with Crippen molar-refractivity contribution in [1.82, 2.24) is 0 Å². The number of rotatable bonds is 6. The summed E-state index contributed by atoms with van der Waals surface area (Å²) in [4.78, 5) is 0. The third-order valence-electron chi connectivity index (χ3n) is 3.17. The fraction of sp³-hybridized carbons (Fsp3) is 0.250. The van der Waals surface area contributed by atoms with Gasteiger partial charge in [-0.05, 0) is 42.3 Å². The van der Waals surface area contributed by atoms with Gasteiger partial charge in [-0.2, -0.15) is 8.78 Å². The topological polar surface area (TPSA) is 26.3 Å². The van der Waals surface area contributed by atoms with Crippen LogP contribution >= 0.6 is 0 Å². The van der Waals surface area contributed by atoms with Crippen LogP contribution in [0.4, 0.5) is 13.2 Å². The summed E-state index contributed by atoms with van der Waals surface area (Å²) < 4.78 is 53.9. The van der Waals surface area contributed by atoms with Crippen LogP contribution in [0, 0.1) is 5.82 Å². The van der Waals surface area contributed by atoms with Gasteiger partial charge >= 0.3 is 6.61 Å². The molecule has 2 atom stereocenters. The number of ether oxygens (including phenoxy) is 1. The quantitative estimate of drug-likeness (QED) is 0.784. The zero-order valence-corrected chi connectivity index (χ0v) is 12.7. The summed E-state index contributed by atoms with van der Waals surface area (Å²) >= 11 is 0. The Morgan fingerprint density at radius 3 is 2.45 bits per heavy atom. The van der Waals surface area contributed by atoms with E-state index < -0.39 is 17.4 Å². The molecule has 0 amide bonds. The predicted molar refractivity (Wildman–Crippen MR) is 79.7 cm³/mol. The summed E-state index contributed by atoms with van der Waals surface area (Å²) in [6, 6.07) is 12.0. The Hall–Kier alpha value is -1.82. The molecule has 2 nitrogen and oxygen atoms in total. The van der Waals surface area contributed by atoms with Crippen molar-refractivity contribution >= 4 is 10.8 Å². The average molecular weight is 328 g/mol. The normalized spacial score (nSPS) is 13.9. The molecule has 0 saturated heterocycles. The molecule has 2 aromatic rings. The zero-order valence-electron chi connectivity index (χ0n) is 11.8. The first-order valence-electron chi connectivity index (χ1n) is 6.62. The number of hydrogen-bond donors (Lipinski definition) is 0. The maximum atomic E-state index is 12.9. The monoisotopic (exact) mass is 328 g/mol. The highest BCUT2D eigenvalue weighted by Crippen LogP contribution is 2.24. The largest absolute Gasteiger partial charge is 0.435 e. The molecule has 2 rings (SSSR count). The highest BCUT2D eigenvalue weighted by Gasteiger charge is 2.15. The van der Waals surface area contributed by atoms with E-state index in [-0.39, 0.29) is 22.6 Å². The molecule has 0 N–H and O–H groups in total. The maximum absolute atomic E-state index is 12.9. The molecule has 0 unspecified atom stereocenters. The molecule has 0 heterocycles. The third kappa shape index (κ3) is 4.59. The van der Waals surface area contributed by atoms with E-state index in [0.717, 1.165) is 5.56 Å². The third-order valence-corrected chi connectivity index (χ3v) is 4.84. The summed E-state index contributed by atoms with van der Waals surface area (Å²) in [5, 5.41) is -0.291.